The maximum Gasteiger partial charge on any atom is 0.145 e. The maximum atomic E-state index is 13.9. The standard InChI is InChI=1S/C11H7Br2F2NS/c12-5-1-2-7(14)8(9(5)15)10(16)11-6(13)3-4-17-11/h1-4,10H,16H2. The summed E-state index contributed by atoms with van der Waals surface area (Å²) in [4.78, 5) is 0.695. The smallest absolute Gasteiger partial charge is 0.145 e. The average Bonchev–Trinajstić information content (AvgIpc) is 2.70. The zero-order chi connectivity index (χ0) is 12.6. The summed E-state index contributed by atoms with van der Waals surface area (Å²) < 4.78 is 28.5. The molecule has 0 radical (unpaired) electrons. The Kier molecular flexibility index (Phi) is 3.97. The van der Waals surface area contributed by atoms with Crippen LogP contribution in [0, 0.1) is 11.6 Å². The largest absolute Gasteiger partial charge is 0.319 e. The number of benzene rings is 1. The fourth-order valence-electron chi connectivity index (χ4n) is 1.49. The van der Waals surface area contributed by atoms with E-state index in [1.54, 1.807) is 6.07 Å². The molecule has 1 aromatic heterocycles. The first kappa shape index (κ1) is 13.1. The molecule has 90 valence electrons. The molecule has 0 spiro atoms. The van der Waals surface area contributed by atoms with Crippen LogP contribution in [0.5, 0.6) is 0 Å². The van der Waals surface area contributed by atoms with Crippen LogP contribution >= 0.6 is 43.2 Å². The molecule has 1 unspecified atom stereocenters. The van der Waals surface area contributed by atoms with Crippen molar-refractivity contribution in [3.05, 3.63) is 54.6 Å². The molecule has 2 rings (SSSR count). The highest BCUT2D eigenvalue weighted by atomic mass is 79.9. The van der Waals surface area contributed by atoms with Crippen molar-refractivity contribution >= 4 is 43.2 Å². The van der Waals surface area contributed by atoms with Gasteiger partial charge in [-0.25, -0.2) is 8.78 Å². The zero-order valence-corrected chi connectivity index (χ0v) is 12.4. The van der Waals surface area contributed by atoms with Crippen LogP contribution in [-0.2, 0) is 0 Å². The topological polar surface area (TPSA) is 26.0 Å². The van der Waals surface area contributed by atoms with E-state index < -0.39 is 17.7 Å². The lowest BCUT2D eigenvalue weighted by molar-refractivity contribution is 0.540. The lowest BCUT2D eigenvalue weighted by atomic mass is 10.1. The van der Waals surface area contributed by atoms with Crippen molar-refractivity contribution in [3.63, 3.8) is 0 Å². The Hall–Kier alpha value is -0.300. The second-order valence-electron chi connectivity index (χ2n) is 3.37. The normalized spacial score (nSPS) is 12.8. The van der Waals surface area contributed by atoms with E-state index in [9.17, 15) is 8.78 Å². The molecule has 0 aliphatic rings. The monoisotopic (exact) mass is 381 g/mol. The van der Waals surface area contributed by atoms with Crippen molar-refractivity contribution in [2.75, 3.05) is 0 Å². The fourth-order valence-corrected chi connectivity index (χ4v) is 3.46. The van der Waals surface area contributed by atoms with Gasteiger partial charge in [-0.05, 0) is 55.4 Å². The lowest BCUT2D eigenvalue weighted by Gasteiger charge is -2.14. The van der Waals surface area contributed by atoms with E-state index in [1.165, 1.54) is 23.5 Å². The molecular formula is C11H7Br2F2NS. The minimum atomic E-state index is -0.818. The number of thiophene rings is 1. The zero-order valence-electron chi connectivity index (χ0n) is 8.38. The first-order valence-corrected chi connectivity index (χ1v) is 7.10. The van der Waals surface area contributed by atoms with E-state index in [4.69, 9.17) is 5.73 Å². The van der Waals surface area contributed by atoms with Crippen LogP contribution in [0.25, 0.3) is 0 Å². The molecule has 1 heterocycles. The number of halogens is 4. The number of rotatable bonds is 2. The summed E-state index contributed by atoms with van der Waals surface area (Å²) in [5.41, 5.74) is 5.79. The molecule has 1 aromatic carbocycles. The summed E-state index contributed by atoms with van der Waals surface area (Å²) in [6.45, 7) is 0. The summed E-state index contributed by atoms with van der Waals surface area (Å²) in [7, 11) is 0. The van der Waals surface area contributed by atoms with Gasteiger partial charge in [0.05, 0.1) is 10.5 Å². The Bertz CT molecular complexity index is 556. The van der Waals surface area contributed by atoms with Gasteiger partial charge < -0.3 is 5.73 Å². The van der Waals surface area contributed by atoms with Crippen LogP contribution in [0.3, 0.4) is 0 Å². The van der Waals surface area contributed by atoms with Crippen LogP contribution in [0.15, 0.2) is 32.5 Å². The fraction of sp³-hybridized carbons (Fsp3) is 0.0909. The van der Waals surface area contributed by atoms with Crippen molar-refractivity contribution in [3.8, 4) is 0 Å². The average molecular weight is 383 g/mol. The van der Waals surface area contributed by atoms with Crippen LogP contribution in [0.2, 0.25) is 0 Å². The third-order valence-corrected chi connectivity index (χ3v) is 4.88. The van der Waals surface area contributed by atoms with Crippen molar-refractivity contribution in [2.24, 2.45) is 5.73 Å². The van der Waals surface area contributed by atoms with Gasteiger partial charge in [0.1, 0.15) is 11.6 Å². The molecule has 2 aromatic rings. The predicted octanol–water partition coefficient (Wildman–Crippen LogP) is 4.60. The van der Waals surface area contributed by atoms with Crippen LogP contribution in [-0.4, -0.2) is 0 Å². The highest BCUT2D eigenvalue weighted by Crippen LogP contribution is 2.35. The molecule has 0 fully saturated rings. The van der Waals surface area contributed by atoms with Gasteiger partial charge in [0.25, 0.3) is 0 Å². The molecule has 1 atom stereocenters. The molecule has 0 aliphatic carbocycles. The minimum Gasteiger partial charge on any atom is -0.319 e. The molecule has 17 heavy (non-hydrogen) atoms. The van der Waals surface area contributed by atoms with E-state index >= 15 is 0 Å². The van der Waals surface area contributed by atoms with Gasteiger partial charge in [0.2, 0.25) is 0 Å². The van der Waals surface area contributed by atoms with Gasteiger partial charge in [-0.15, -0.1) is 11.3 Å². The SMILES string of the molecule is NC(c1sccc1Br)c1c(F)ccc(Br)c1F. The summed E-state index contributed by atoms with van der Waals surface area (Å²) in [6, 6.07) is 3.50. The maximum absolute atomic E-state index is 13.9. The second kappa shape index (κ2) is 5.14. The van der Waals surface area contributed by atoms with Crippen LogP contribution < -0.4 is 5.73 Å². The molecule has 1 nitrogen and oxygen atoms in total. The highest BCUT2D eigenvalue weighted by Gasteiger charge is 2.22. The van der Waals surface area contributed by atoms with Crippen LogP contribution in [0.1, 0.15) is 16.5 Å². The van der Waals surface area contributed by atoms with Crippen molar-refractivity contribution in [1.29, 1.82) is 0 Å². The summed E-state index contributed by atoms with van der Waals surface area (Å²) >= 11 is 7.69. The minimum absolute atomic E-state index is 0.123. The van der Waals surface area contributed by atoms with Gasteiger partial charge in [0, 0.05) is 14.9 Å². The highest BCUT2D eigenvalue weighted by molar-refractivity contribution is 9.10. The molecule has 0 bridgehead atoms. The quantitative estimate of drug-likeness (QED) is 0.754. The van der Waals surface area contributed by atoms with Gasteiger partial charge in [-0.1, -0.05) is 0 Å². The van der Waals surface area contributed by atoms with Gasteiger partial charge in [-0.2, -0.15) is 0 Å². The first-order valence-electron chi connectivity index (χ1n) is 4.64. The Morgan fingerprint density at radius 1 is 1.12 bits per heavy atom. The Labute approximate surface area is 118 Å². The summed E-state index contributed by atoms with van der Waals surface area (Å²) in [5, 5.41) is 1.81. The van der Waals surface area contributed by atoms with Crippen LogP contribution in [0.4, 0.5) is 8.78 Å². The van der Waals surface area contributed by atoms with E-state index in [-0.39, 0.29) is 10.0 Å². The lowest BCUT2D eigenvalue weighted by Crippen LogP contribution is -2.15. The molecule has 2 N–H and O–H groups in total. The van der Waals surface area contributed by atoms with Crippen molar-refractivity contribution in [2.45, 2.75) is 6.04 Å². The Balaban J connectivity index is 2.55. The number of hydrogen-bond acceptors (Lipinski definition) is 2. The van der Waals surface area contributed by atoms with Crippen molar-refractivity contribution < 1.29 is 8.78 Å². The van der Waals surface area contributed by atoms with Gasteiger partial charge in [0.15, 0.2) is 0 Å². The second-order valence-corrected chi connectivity index (χ2v) is 6.02. The van der Waals surface area contributed by atoms with E-state index in [0.717, 1.165) is 4.47 Å². The Morgan fingerprint density at radius 3 is 2.41 bits per heavy atom. The molecular weight excluding hydrogens is 376 g/mol. The summed E-state index contributed by atoms with van der Waals surface area (Å²) in [6.07, 6.45) is 0. The third kappa shape index (κ3) is 2.45. The van der Waals surface area contributed by atoms with E-state index in [1.807, 2.05) is 5.38 Å². The molecule has 0 amide bonds. The Morgan fingerprint density at radius 2 is 1.82 bits per heavy atom. The first-order chi connectivity index (χ1) is 8.02. The van der Waals surface area contributed by atoms with Gasteiger partial charge >= 0.3 is 0 Å². The third-order valence-electron chi connectivity index (χ3n) is 2.32. The molecule has 0 aliphatic heterocycles. The molecule has 6 heteroatoms. The van der Waals surface area contributed by atoms with Crippen molar-refractivity contribution in [1.82, 2.24) is 0 Å². The predicted molar refractivity (Wildman–Crippen MR) is 72.1 cm³/mol. The van der Waals surface area contributed by atoms with E-state index in [0.29, 0.717) is 4.88 Å². The molecule has 0 saturated carbocycles. The van der Waals surface area contributed by atoms with Gasteiger partial charge in [-0.3, -0.25) is 0 Å². The molecule has 0 saturated heterocycles. The summed E-state index contributed by atoms with van der Waals surface area (Å²) in [5.74, 6) is -1.30. The van der Waals surface area contributed by atoms with E-state index in [2.05, 4.69) is 31.9 Å². The number of hydrogen-bond donors (Lipinski definition) is 1. The number of nitrogens with two attached hydrogens (primary N) is 1.